The minimum Gasteiger partial charge on any atom is -0.355 e. The molecule has 0 aromatic heterocycles. The maximum atomic E-state index is 8.88. The Kier molecular flexibility index (Phi) is 8.00. The number of rotatable bonds is 1. The lowest BCUT2D eigenvalue weighted by Crippen LogP contribution is -2.05. The highest BCUT2D eigenvalue weighted by atomic mass is 31.2. The molecule has 2 aromatic rings. The highest BCUT2D eigenvalue weighted by molar-refractivity contribution is 7.45. The van der Waals surface area contributed by atoms with E-state index in [9.17, 15) is 0 Å². The van der Waals surface area contributed by atoms with E-state index in [1.807, 2.05) is 0 Å². The molecule has 1 aliphatic heterocycles. The number of hydrogen-bond acceptors (Lipinski definition) is 2. The first-order valence-corrected chi connectivity index (χ1v) is 9.12. The third-order valence-corrected chi connectivity index (χ3v) is 3.18. The highest BCUT2D eigenvalue weighted by Gasteiger charge is 2.12. The van der Waals surface area contributed by atoms with Crippen molar-refractivity contribution in [2.45, 2.75) is 33.1 Å². The van der Waals surface area contributed by atoms with Gasteiger partial charge in [-0.1, -0.05) is 63.1 Å². The van der Waals surface area contributed by atoms with Gasteiger partial charge in [-0.3, -0.25) is 0 Å². The molecule has 5 nitrogen and oxygen atoms in total. The van der Waals surface area contributed by atoms with Crippen LogP contribution in [0.2, 0.25) is 0 Å². The Balaban J connectivity index is 0.000000248. The van der Waals surface area contributed by atoms with Crippen LogP contribution in [0.3, 0.4) is 0 Å². The summed E-state index contributed by atoms with van der Waals surface area (Å²) in [4.78, 5) is 21.6. The number of para-hydroxylation sites is 2. The van der Waals surface area contributed by atoms with Crippen LogP contribution in [0.25, 0.3) is 0 Å². The van der Waals surface area contributed by atoms with E-state index in [0.717, 1.165) is 6.42 Å². The molecule has 3 rings (SSSR count). The molecule has 0 saturated carbocycles. The van der Waals surface area contributed by atoms with E-state index in [-0.39, 0.29) is 0 Å². The molecule has 0 amide bonds. The maximum Gasteiger partial charge on any atom is 0.466 e. The summed E-state index contributed by atoms with van der Waals surface area (Å²) in [7, 11) is -4.64. The average Bonchev–Trinajstić information content (AvgIpc) is 2.51. The number of phosphoric acid groups is 1. The molecule has 0 atom stereocenters. The second kappa shape index (κ2) is 9.48. The van der Waals surface area contributed by atoms with E-state index >= 15 is 0 Å². The molecule has 23 heavy (non-hydrogen) atoms. The van der Waals surface area contributed by atoms with Crippen LogP contribution in [0.15, 0.2) is 48.5 Å². The van der Waals surface area contributed by atoms with Gasteiger partial charge in [0, 0.05) is 17.8 Å². The molecule has 6 heteroatoms. The Bertz CT molecular complexity index is 557. The molecule has 4 N–H and O–H groups in total. The average molecular weight is 337 g/mol. The number of benzene rings is 2. The lowest BCUT2D eigenvalue weighted by molar-refractivity contribution is 0.275. The summed E-state index contributed by atoms with van der Waals surface area (Å²) in [5.41, 5.74) is 5.25. The SMILES string of the molecule is CCCC.O=P(O)(O)O.c1ccc2c(c1)Cc1ccccc1N2. The first-order valence-electron chi connectivity index (χ1n) is 7.56. The molecule has 1 heterocycles. The molecule has 0 radical (unpaired) electrons. The van der Waals surface area contributed by atoms with E-state index in [1.54, 1.807) is 0 Å². The normalized spacial score (nSPS) is 11.5. The molecular weight excluding hydrogens is 313 g/mol. The zero-order valence-electron chi connectivity index (χ0n) is 13.4. The van der Waals surface area contributed by atoms with Crippen LogP contribution in [0.5, 0.6) is 0 Å². The summed E-state index contributed by atoms with van der Waals surface area (Å²) in [6, 6.07) is 16.9. The van der Waals surface area contributed by atoms with Gasteiger partial charge in [-0.25, -0.2) is 4.57 Å². The summed E-state index contributed by atoms with van der Waals surface area (Å²) in [5, 5.41) is 3.44. The standard InChI is InChI=1S/C13H11N.C4H10.H3O4P/c1-3-7-12-10(5-1)9-11-6-2-4-8-13(11)14-12;1-3-4-2;1-5(2,3)4/h1-8,14H,9H2;3-4H2,1-2H3;(H3,1,2,3,4). The molecule has 126 valence electrons. The lowest BCUT2D eigenvalue weighted by Gasteiger charge is -2.20. The monoisotopic (exact) mass is 337 g/mol. The summed E-state index contributed by atoms with van der Waals surface area (Å²) < 4.78 is 8.88. The van der Waals surface area contributed by atoms with E-state index in [2.05, 4.69) is 67.7 Å². The minimum absolute atomic E-state index is 1.04. The van der Waals surface area contributed by atoms with Crippen molar-refractivity contribution in [2.75, 3.05) is 5.32 Å². The van der Waals surface area contributed by atoms with Gasteiger partial charge in [-0.05, 0) is 23.3 Å². The molecular formula is C17H24NO4P. The van der Waals surface area contributed by atoms with Crippen molar-refractivity contribution in [1.82, 2.24) is 0 Å². The summed E-state index contributed by atoms with van der Waals surface area (Å²) >= 11 is 0. The van der Waals surface area contributed by atoms with Crippen molar-refractivity contribution < 1.29 is 19.2 Å². The predicted molar refractivity (Wildman–Crippen MR) is 93.8 cm³/mol. The second-order valence-corrected chi connectivity index (χ2v) is 6.16. The van der Waals surface area contributed by atoms with Crippen molar-refractivity contribution in [1.29, 1.82) is 0 Å². The Labute approximate surface area is 137 Å². The third-order valence-electron chi connectivity index (χ3n) is 3.18. The van der Waals surface area contributed by atoms with Crippen molar-refractivity contribution >= 4 is 19.2 Å². The molecule has 0 unspecified atom stereocenters. The zero-order valence-corrected chi connectivity index (χ0v) is 14.3. The van der Waals surface area contributed by atoms with E-state index in [1.165, 1.54) is 35.3 Å². The van der Waals surface area contributed by atoms with E-state index in [0.29, 0.717) is 0 Å². The fourth-order valence-electron chi connectivity index (χ4n) is 1.94. The van der Waals surface area contributed by atoms with Gasteiger partial charge >= 0.3 is 7.82 Å². The van der Waals surface area contributed by atoms with E-state index < -0.39 is 7.82 Å². The van der Waals surface area contributed by atoms with Gasteiger partial charge in [0.2, 0.25) is 0 Å². The Morgan fingerprint density at radius 2 is 1.22 bits per heavy atom. The minimum atomic E-state index is -4.64. The number of nitrogens with one attached hydrogen (secondary N) is 1. The molecule has 2 aromatic carbocycles. The quantitative estimate of drug-likeness (QED) is 0.499. The van der Waals surface area contributed by atoms with Gasteiger partial charge in [0.15, 0.2) is 0 Å². The highest BCUT2D eigenvalue weighted by Crippen LogP contribution is 2.31. The summed E-state index contributed by atoms with van der Waals surface area (Å²) in [6.45, 7) is 4.36. The fourth-order valence-corrected chi connectivity index (χ4v) is 1.94. The lowest BCUT2D eigenvalue weighted by atomic mass is 9.98. The maximum absolute atomic E-state index is 8.88. The van der Waals surface area contributed by atoms with Crippen LogP contribution in [0, 0.1) is 0 Å². The number of anilines is 2. The Hall–Kier alpha value is -1.65. The fraction of sp³-hybridized carbons (Fsp3) is 0.294. The van der Waals surface area contributed by atoms with Gasteiger partial charge in [0.25, 0.3) is 0 Å². The first-order chi connectivity index (χ1) is 10.8. The largest absolute Gasteiger partial charge is 0.466 e. The van der Waals surface area contributed by atoms with Crippen LogP contribution >= 0.6 is 7.82 Å². The van der Waals surface area contributed by atoms with Crippen LogP contribution in [-0.2, 0) is 11.0 Å². The Morgan fingerprint density at radius 3 is 1.57 bits per heavy atom. The van der Waals surface area contributed by atoms with Crippen molar-refractivity contribution in [3.63, 3.8) is 0 Å². The van der Waals surface area contributed by atoms with Crippen LogP contribution < -0.4 is 5.32 Å². The molecule has 0 fully saturated rings. The van der Waals surface area contributed by atoms with E-state index in [4.69, 9.17) is 19.2 Å². The van der Waals surface area contributed by atoms with Gasteiger partial charge in [0.1, 0.15) is 0 Å². The molecule has 0 aliphatic carbocycles. The second-order valence-electron chi connectivity index (χ2n) is 5.13. The van der Waals surface area contributed by atoms with Gasteiger partial charge < -0.3 is 20.0 Å². The number of hydrogen-bond donors (Lipinski definition) is 4. The van der Waals surface area contributed by atoms with Gasteiger partial charge in [0.05, 0.1) is 0 Å². The smallest absolute Gasteiger partial charge is 0.355 e. The van der Waals surface area contributed by atoms with Crippen molar-refractivity contribution in [2.24, 2.45) is 0 Å². The molecule has 1 aliphatic rings. The topological polar surface area (TPSA) is 89.8 Å². The molecule has 0 bridgehead atoms. The van der Waals surface area contributed by atoms with Crippen molar-refractivity contribution in [3.05, 3.63) is 59.7 Å². The first kappa shape index (κ1) is 19.4. The van der Waals surface area contributed by atoms with Gasteiger partial charge in [-0.15, -0.1) is 0 Å². The number of fused-ring (bicyclic) bond motifs is 2. The van der Waals surface area contributed by atoms with Crippen LogP contribution in [0.4, 0.5) is 11.4 Å². The van der Waals surface area contributed by atoms with Crippen LogP contribution in [0.1, 0.15) is 37.8 Å². The molecule has 0 spiro atoms. The third kappa shape index (κ3) is 7.95. The van der Waals surface area contributed by atoms with Crippen molar-refractivity contribution in [3.8, 4) is 0 Å². The summed E-state index contributed by atoms with van der Waals surface area (Å²) in [5.74, 6) is 0. The summed E-state index contributed by atoms with van der Waals surface area (Å²) in [6.07, 6.45) is 3.68. The molecule has 0 saturated heterocycles. The zero-order chi connectivity index (χ0) is 17.3. The predicted octanol–water partition coefficient (Wildman–Crippen LogP) is 4.21. The number of unbranched alkanes of at least 4 members (excludes halogenated alkanes) is 1. The Morgan fingerprint density at radius 1 is 0.870 bits per heavy atom. The van der Waals surface area contributed by atoms with Gasteiger partial charge in [-0.2, -0.15) is 0 Å². The van der Waals surface area contributed by atoms with Crippen LogP contribution in [-0.4, -0.2) is 14.7 Å².